The summed E-state index contributed by atoms with van der Waals surface area (Å²) >= 11 is 0. The van der Waals surface area contributed by atoms with E-state index in [1.165, 1.54) is 10.8 Å². The van der Waals surface area contributed by atoms with Crippen LogP contribution in [-0.4, -0.2) is 13.7 Å². The van der Waals surface area contributed by atoms with Crippen molar-refractivity contribution in [2.24, 2.45) is 0 Å². The highest BCUT2D eigenvalue weighted by atomic mass is 15.1. The van der Waals surface area contributed by atoms with E-state index in [4.69, 9.17) is 6.57 Å². The number of hydrogen-bond donors (Lipinski definition) is 0. The highest BCUT2D eigenvalue weighted by Gasteiger charge is 2.25. The van der Waals surface area contributed by atoms with E-state index in [1.54, 1.807) is 0 Å². The van der Waals surface area contributed by atoms with Gasteiger partial charge in [-0.2, -0.15) is 5.26 Å². The zero-order valence-corrected chi connectivity index (χ0v) is 29.5. The predicted octanol–water partition coefficient (Wildman–Crippen LogP) is 13.1. The number of aromatic nitrogens is 3. The molecule has 0 aliphatic heterocycles. The van der Waals surface area contributed by atoms with Crippen LogP contribution in [0.1, 0.15) is 5.56 Å². The number of hydrogen-bond acceptors (Lipinski definition) is 1. The van der Waals surface area contributed by atoms with Gasteiger partial charge in [0.1, 0.15) is 6.07 Å². The maximum absolute atomic E-state index is 11.0. The highest BCUT2D eigenvalue weighted by Crippen LogP contribution is 2.44. The molecule has 0 spiro atoms. The summed E-state index contributed by atoms with van der Waals surface area (Å²) < 4.78 is 6.96. The molecule has 8 aromatic carbocycles. The molecule has 0 radical (unpaired) electrons. The predicted molar refractivity (Wildman–Crippen MR) is 226 cm³/mol. The summed E-state index contributed by atoms with van der Waals surface area (Å²) in [5.74, 6) is 0. The summed E-state index contributed by atoms with van der Waals surface area (Å²) in [6.45, 7) is 7.83. The summed E-state index contributed by atoms with van der Waals surface area (Å²) in [4.78, 5) is 3.80. The van der Waals surface area contributed by atoms with Crippen molar-refractivity contribution in [1.29, 1.82) is 5.26 Å². The smallest absolute Gasteiger partial charge is 0.189 e. The molecule has 0 bridgehead atoms. The minimum absolute atomic E-state index is 0.574. The Hall–Kier alpha value is -7.86. The van der Waals surface area contributed by atoms with Crippen LogP contribution in [0.15, 0.2) is 176 Å². The molecule has 11 aromatic rings. The first kappa shape index (κ1) is 30.7. The number of fused-ring (bicyclic) bond motifs is 9. The van der Waals surface area contributed by atoms with E-state index >= 15 is 0 Å². The fourth-order valence-corrected chi connectivity index (χ4v) is 8.87. The van der Waals surface area contributed by atoms with Crippen LogP contribution in [0.25, 0.3) is 98.5 Å². The van der Waals surface area contributed by atoms with Gasteiger partial charge in [0.25, 0.3) is 0 Å². The lowest BCUT2D eigenvalue weighted by Crippen LogP contribution is -2.05. The Kier molecular flexibility index (Phi) is 6.61. The second-order valence-corrected chi connectivity index (χ2v) is 13.9. The van der Waals surface area contributed by atoms with Gasteiger partial charge in [0, 0.05) is 49.0 Å². The molecule has 0 saturated heterocycles. The van der Waals surface area contributed by atoms with Crippen LogP contribution in [0.5, 0.6) is 0 Å². The summed E-state index contributed by atoms with van der Waals surface area (Å²) in [7, 11) is 0. The Labute approximate surface area is 316 Å². The molecule has 0 aliphatic rings. The van der Waals surface area contributed by atoms with Gasteiger partial charge in [-0.05, 0) is 48.5 Å². The molecule has 0 aliphatic carbocycles. The van der Waals surface area contributed by atoms with Crippen LogP contribution in [0.2, 0.25) is 0 Å². The Morgan fingerprint density at radius 3 is 1.53 bits per heavy atom. The van der Waals surface area contributed by atoms with Crippen molar-refractivity contribution >= 4 is 71.1 Å². The molecule has 11 rings (SSSR count). The van der Waals surface area contributed by atoms with Gasteiger partial charge in [0.05, 0.1) is 56.8 Å². The maximum atomic E-state index is 11.0. The minimum atomic E-state index is 0.574. The van der Waals surface area contributed by atoms with E-state index in [9.17, 15) is 5.26 Å². The van der Waals surface area contributed by atoms with Crippen LogP contribution in [0, 0.1) is 17.9 Å². The van der Waals surface area contributed by atoms with Crippen molar-refractivity contribution in [3.63, 3.8) is 0 Å². The van der Waals surface area contributed by atoms with Gasteiger partial charge in [-0.15, -0.1) is 0 Å². The van der Waals surface area contributed by atoms with E-state index in [0.29, 0.717) is 11.3 Å². The highest BCUT2D eigenvalue weighted by molar-refractivity contribution is 6.16. The Bertz CT molecular complexity index is 3420. The first-order valence-corrected chi connectivity index (χ1v) is 18.3. The molecular weight excluding hydrogens is 671 g/mol. The fraction of sp³-hybridized carbons (Fsp3) is 0. The van der Waals surface area contributed by atoms with E-state index in [1.807, 2.05) is 24.3 Å². The van der Waals surface area contributed by atoms with Crippen molar-refractivity contribution in [1.82, 2.24) is 13.7 Å². The molecule has 3 aromatic heterocycles. The summed E-state index contributed by atoms with van der Waals surface area (Å²) in [5, 5.41) is 17.8. The van der Waals surface area contributed by atoms with Crippen LogP contribution < -0.4 is 0 Å². The summed E-state index contributed by atoms with van der Waals surface area (Å²) in [5.41, 5.74) is 12.2. The second kappa shape index (κ2) is 11.8. The van der Waals surface area contributed by atoms with E-state index < -0.39 is 0 Å². The van der Waals surface area contributed by atoms with Gasteiger partial charge in [0.2, 0.25) is 0 Å². The molecule has 0 atom stereocenters. The van der Waals surface area contributed by atoms with Crippen molar-refractivity contribution < 1.29 is 0 Å². The molecule has 0 unspecified atom stereocenters. The topological polar surface area (TPSA) is 42.9 Å². The second-order valence-electron chi connectivity index (χ2n) is 13.9. The van der Waals surface area contributed by atoms with Crippen LogP contribution in [-0.2, 0) is 0 Å². The van der Waals surface area contributed by atoms with Crippen molar-refractivity contribution in [2.45, 2.75) is 0 Å². The van der Waals surface area contributed by atoms with Gasteiger partial charge in [-0.3, -0.25) is 0 Å². The summed E-state index contributed by atoms with van der Waals surface area (Å²) in [6.07, 6.45) is 0. The zero-order chi connectivity index (χ0) is 36.6. The van der Waals surface area contributed by atoms with Crippen LogP contribution >= 0.6 is 0 Å². The SMILES string of the molecule is [C-]#[N+]c1ccc2c3ccccc3n(-c3ccccc3-c3cccc(C#N)c3-n3c4ccccc4c4cccc(-n5c6ccccc6c6ccccc65)c43)c2c1. The lowest BCUT2D eigenvalue weighted by Gasteiger charge is -2.20. The van der Waals surface area contributed by atoms with Gasteiger partial charge >= 0.3 is 0 Å². The Morgan fingerprint density at radius 1 is 0.418 bits per heavy atom. The minimum Gasteiger partial charge on any atom is -0.310 e. The molecule has 0 amide bonds. The molecule has 0 fully saturated rings. The zero-order valence-electron chi connectivity index (χ0n) is 29.5. The maximum Gasteiger partial charge on any atom is 0.189 e. The van der Waals surface area contributed by atoms with Crippen molar-refractivity contribution in [3.05, 3.63) is 193 Å². The molecule has 5 nitrogen and oxygen atoms in total. The fourth-order valence-electron chi connectivity index (χ4n) is 8.87. The average molecular weight is 700 g/mol. The molecular formula is C50H29N5. The molecule has 0 N–H and O–H groups in total. The van der Waals surface area contributed by atoms with E-state index in [0.717, 1.165) is 82.8 Å². The molecule has 3 heterocycles. The molecule has 0 saturated carbocycles. The van der Waals surface area contributed by atoms with Gasteiger partial charge in [-0.1, -0.05) is 127 Å². The van der Waals surface area contributed by atoms with Crippen LogP contribution in [0.3, 0.4) is 0 Å². The monoisotopic (exact) mass is 699 g/mol. The molecule has 5 heteroatoms. The summed E-state index contributed by atoms with van der Waals surface area (Å²) in [6, 6.07) is 63.6. The largest absolute Gasteiger partial charge is 0.310 e. The first-order chi connectivity index (χ1) is 27.2. The first-order valence-electron chi connectivity index (χ1n) is 18.3. The Morgan fingerprint density at radius 2 is 0.891 bits per heavy atom. The van der Waals surface area contributed by atoms with Gasteiger partial charge in [0.15, 0.2) is 5.69 Å². The normalized spacial score (nSPS) is 11.6. The lowest BCUT2D eigenvalue weighted by molar-refractivity contribution is 1.12. The van der Waals surface area contributed by atoms with Gasteiger partial charge in [-0.25, -0.2) is 4.85 Å². The third-order valence-electron chi connectivity index (χ3n) is 11.1. The quantitative estimate of drug-likeness (QED) is 0.169. The van der Waals surface area contributed by atoms with Gasteiger partial charge < -0.3 is 13.7 Å². The lowest BCUT2D eigenvalue weighted by atomic mass is 9.98. The number of nitrogens with zero attached hydrogens (tertiary/aromatic N) is 5. The Balaban J connectivity index is 1.28. The van der Waals surface area contributed by atoms with Crippen molar-refractivity contribution in [3.8, 4) is 34.3 Å². The molecule has 254 valence electrons. The van der Waals surface area contributed by atoms with Crippen LogP contribution in [0.4, 0.5) is 5.69 Å². The molecule has 55 heavy (non-hydrogen) atoms. The third-order valence-corrected chi connectivity index (χ3v) is 11.1. The number of rotatable bonds is 4. The standard InChI is InChI=1S/C50H29N5/c1-52-33-28-29-39-36-17-4-9-24-44(36)54(48(39)30-33)45-25-10-5-18-37(45)40-20-12-14-32(31-51)49(40)55-46-26-11-6-19-38(46)41-21-13-27-47(50(41)55)53-42-22-7-2-15-34(42)35-16-3-8-23-43(35)53/h2-30H. The average Bonchev–Trinajstić information content (AvgIpc) is 3.89. The third kappa shape index (κ3) is 4.33. The van der Waals surface area contributed by atoms with E-state index in [-0.39, 0.29) is 0 Å². The number of benzene rings is 8. The number of para-hydroxylation sites is 7. The van der Waals surface area contributed by atoms with Crippen molar-refractivity contribution in [2.75, 3.05) is 0 Å². The van der Waals surface area contributed by atoms with E-state index in [2.05, 4.69) is 176 Å². The number of nitriles is 1.